The quantitative estimate of drug-likeness (QED) is 0.727. The molecular weight excluding hydrogens is 184 g/mol. The Bertz CT molecular complexity index is 151. The summed E-state index contributed by atoms with van der Waals surface area (Å²) in [5.74, 6) is 1.75. The standard InChI is InChI=1S/C13H28N2/c1-4-9-15(10-12(2)3)11-13-5-7-14-8-6-13/h12-14H,4-11H2,1-3H3. The molecule has 0 aromatic rings. The molecule has 0 bridgehead atoms. The molecule has 0 aromatic heterocycles. The Labute approximate surface area is 95.4 Å². The van der Waals surface area contributed by atoms with E-state index < -0.39 is 0 Å². The van der Waals surface area contributed by atoms with E-state index >= 15 is 0 Å². The molecular formula is C13H28N2. The summed E-state index contributed by atoms with van der Waals surface area (Å²) in [5, 5.41) is 3.44. The molecule has 0 atom stereocenters. The van der Waals surface area contributed by atoms with E-state index in [1.807, 2.05) is 0 Å². The number of hydrogen-bond acceptors (Lipinski definition) is 2. The van der Waals surface area contributed by atoms with Crippen molar-refractivity contribution in [2.24, 2.45) is 11.8 Å². The average molecular weight is 212 g/mol. The SMILES string of the molecule is CCCN(CC(C)C)CC1CCNCC1. The second-order valence-corrected chi connectivity index (χ2v) is 5.35. The van der Waals surface area contributed by atoms with Gasteiger partial charge in [0.25, 0.3) is 0 Å². The fraction of sp³-hybridized carbons (Fsp3) is 1.00. The first kappa shape index (κ1) is 13.0. The van der Waals surface area contributed by atoms with Crippen molar-refractivity contribution in [3.8, 4) is 0 Å². The van der Waals surface area contributed by atoms with E-state index in [0.717, 1.165) is 11.8 Å². The van der Waals surface area contributed by atoms with Gasteiger partial charge in [0.1, 0.15) is 0 Å². The molecule has 1 heterocycles. The highest BCUT2D eigenvalue weighted by molar-refractivity contribution is 4.73. The van der Waals surface area contributed by atoms with Crippen molar-refractivity contribution in [1.82, 2.24) is 10.2 Å². The smallest absolute Gasteiger partial charge is 0.00107 e. The summed E-state index contributed by atoms with van der Waals surface area (Å²) >= 11 is 0. The normalized spacial score (nSPS) is 19.0. The van der Waals surface area contributed by atoms with Crippen LogP contribution in [0, 0.1) is 11.8 Å². The third-order valence-corrected chi connectivity index (χ3v) is 3.14. The van der Waals surface area contributed by atoms with Gasteiger partial charge < -0.3 is 10.2 Å². The first-order valence-corrected chi connectivity index (χ1v) is 6.65. The molecule has 2 nitrogen and oxygen atoms in total. The predicted octanol–water partition coefficient (Wildman–Crippen LogP) is 2.35. The van der Waals surface area contributed by atoms with E-state index in [4.69, 9.17) is 0 Å². The Morgan fingerprint density at radius 1 is 1.27 bits per heavy atom. The Hall–Kier alpha value is -0.0800. The first-order chi connectivity index (χ1) is 7.22. The molecule has 0 radical (unpaired) electrons. The summed E-state index contributed by atoms with van der Waals surface area (Å²) < 4.78 is 0. The highest BCUT2D eigenvalue weighted by Crippen LogP contribution is 2.14. The number of hydrogen-bond donors (Lipinski definition) is 1. The van der Waals surface area contributed by atoms with Crippen molar-refractivity contribution in [2.45, 2.75) is 40.0 Å². The fourth-order valence-electron chi connectivity index (χ4n) is 2.52. The number of nitrogens with one attached hydrogen (secondary N) is 1. The summed E-state index contributed by atoms with van der Waals surface area (Å²) in [6.07, 6.45) is 4.04. The van der Waals surface area contributed by atoms with E-state index in [1.54, 1.807) is 0 Å². The molecule has 1 fully saturated rings. The zero-order valence-corrected chi connectivity index (χ0v) is 10.8. The molecule has 1 saturated heterocycles. The fourth-order valence-corrected chi connectivity index (χ4v) is 2.52. The molecule has 0 spiro atoms. The van der Waals surface area contributed by atoms with Gasteiger partial charge >= 0.3 is 0 Å². The second kappa shape index (κ2) is 7.24. The van der Waals surface area contributed by atoms with E-state index in [2.05, 4.69) is 31.0 Å². The maximum Gasteiger partial charge on any atom is 0.00107 e. The number of piperidine rings is 1. The van der Waals surface area contributed by atoms with Gasteiger partial charge in [0.2, 0.25) is 0 Å². The van der Waals surface area contributed by atoms with Gasteiger partial charge in [-0.1, -0.05) is 20.8 Å². The van der Waals surface area contributed by atoms with Gasteiger partial charge in [-0.3, -0.25) is 0 Å². The van der Waals surface area contributed by atoms with Crippen LogP contribution in [0.1, 0.15) is 40.0 Å². The lowest BCUT2D eigenvalue weighted by Crippen LogP contribution is -2.38. The summed E-state index contributed by atoms with van der Waals surface area (Å²) in [4.78, 5) is 2.67. The molecule has 0 aliphatic carbocycles. The lowest BCUT2D eigenvalue weighted by molar-refractivity contribution is 0.188. The number of rotatable bonds is 6. The zero-order valence-electron chi connectivity index (χ0n) is 10.8. The molecule has 90 valence electrons. The van der Waals surface area contributed by atoms with Crippen molar-refractivity contribution in [3.63, 3.8) is 0 Å². The Morgan fingerprint density at radius 2 is 1.93 bits per heavy atom. The molecule has 0 saturated carbocycles. The number of nitrogens with zero attached hydrogens (tertiary/aromatic N) is 1. The van der Waals surface area contributed by atoms with Crippen LogP contribution in [0.5, 0.6) is 0 Å². The predicted molar refractivity (Wildman–Crippen MR) is 67.2 cm³/mol. The summed E-state index contributed by atoms with van der Waals surface area (Å²) in [7, 11) is 0. The topological polar surface area (TPSA) is 15.3 Å². The maximum atomic E-state index is 3.44. The lowest BCUT2D eigenvalue weighted by Gasteiger charge is -2.30. The minimum atomic E-state index is 0.804. The average Bonchev–Trinajstić information content (AvgIpc) is 2.18. The van der Waals surface area contributed by atoms with E-state index in [-0.39, 0.29) is 0 Å². The first-order valence-electron chi connectivity index (χ1n) is 6.65. The van der Waals surface area contributed by atoms with Crippen LogP contribution in [0.15, 0.2) is 0 Å². The van der Waals surface area contributed by atoms with Crippen molar-refractivity contribution < 1.29 is 0 Å². The largest absolute Gasteiger partial charge is 0.317 e. The third-order valence-electron chi connectivity index (χ3n) is 3.14. The molecule has 1 aliphatic heterocycles. The zero-order chi connectivity index (χ0) is 11.1. The molecule has 0 amide bonds. The highest BCUT2D eigenvalue weighted by Gasteiger charge is 2.16. The van der Waals surface area contributed by atoms with Crippen LogP contribution in [0.3, 0.4) is 0 Å². The van der Waals surface area contributed by atoms with Crippen LogP contribution >= 0.6 is 0 Å². The molecule has 15 heavy (non-hydrogen) atoms. The van der Waals surface area contributed by atoms with Gasteiger partial charge in [0.05, 0.1) is 0 Å². The molecule has 1 rings (SSSR count). The van der Waals surface area contributed by atoms with Crippen molar-refractivity contribution in [2.75, 3.05) is 32.7 Å². The molecule has 1 N–H and O–H groups in total. The lowest BCUT2D eigenvalue weighted by atomic mass is 9.97. The Morgan fingerprint density at radius 3 is 2.47 bits per heavy atom. The van der Waals surface area contributed by atoms with Crippen LogP contribution in [-0.4, -0.2) is 37.6 Å². The maximum absolute atomic E-state index is 3.44. The molecule has 2 heteroatoms. The summed E-state index contributed by atoms with van der Waals surface area (Å²) in [5.41, 5.74) is 0. The Balaban J connectivity index is 2.28. The van der Waals surface area contributed by atoms with Gasteiger partial charge in [-0.25, -0.2) is 0 Å². The van der Waals surface area contributed by atoms with Crippen LogP contribution < -0.4 is 5.32 Å². The third kappa shape index (κ3) is 5.53. The molecule has 1 aliphatic rings. The Kier molecular flexibility index (Phi) is 6.26. The van der Waals surface area contributed by atoms with Crippen LogP contribution in [0.25, 0.3) is 0 Å². The van der Waals surface area contributed by atoms with Crippen LogP contribution in [-0.2, 0) is 0 Å². The summed E-state index contributed by atoms with van der Waals surface area (Å²) in [6.45, 7) is 13.3. The van der Waals surface area contributed by atoms with Crippen molar-refractivity contribution in [3.05, 3.63) is 0 Å². The van der Waals surface area contributed by atoms with E-state index in [9.17, 15) is 0 Å². The van der Waals surface area contributed by atoms with Gasteiger partial charge in [-0.05, 0) is 50.7 Å². The highest BCUT2D eigenvalue weighted by atomic mass is 15.1. The monoisotopic (exact) mass is 212 g/mol. The molecule has 0 aromatic carbocycles. The van der Waals surface area contributed by atoms with Crippen LogP contribution in [0.2, 0.25) is 0 Å². The van der Waals surface area contributed by atoms with Crippen molar-refractivity contribution in [1.29, 1.82) is 0 Å². The van der Waals surface area contributed by atoms with Crippen molar-refractivity contribution >= 4 is 0 Å². The minimum Gasteiger partial charge on any atom is -0.317 e. The van der Waals surface area contributed by atoms with Gasteiger partial charge in [-0.15, -0.1) is 0 Å². The minimum absolute atomic E-state index is 0.804. The second-order valence-electron chi connectivity index (χ2n) is 5.35. The summed E-state index contributed by atoms with van der Waals surface area (Å²) in [6, 6.07) is 0. The van der Waals surface area contributed by atoms with E-state index in [0.29, 0.717) is 0 Å². The van der Waals surface area contributed by atoms with Gasteiger partial charge in [-0.2, -0.15) is 0 Å². The van der Waals surface area contributed by atoms with Crippen LogP contribution in [0.4, 0.5) is 0 Å². The molecule has 0 unspecified atom stereocenters. The van der Waals surface area contributed by atoms with Gasteiger partial charge in [0, 0.05) is 13.1 Å². The van der Waals surface area contributed by atoms with Gasteiger partial charge in [0.15, 0.2) is 0 Å². The van der Waals surface area contributed by atoms with E-state index in [1.165, 1.54) is 52.0 Å².